The number of benzene rings is 1. The van der Waals surface area contributed by atoms with E-state index in [4.69, 9.17) is 0 Å². The van der Waals surface area contributed by atoms with E-state index in [0.29, 0.717) is 25.2 Å². The van der Waals surface area contributed by atoms with Gasteiger partial charge in [0.15, 0.2) is 0 Å². The number of halogens is 6. The molecule has 9 heteroatoms. The second kappa shape index (κ2) is 5.79. The monoisotopic (exact) mass is 326 g/mol. The highest BCUT2D eigenvalue weighted by atomic mass is 19.4. The molecule has 0 bridgehead atoms. The van der Waals surface area contributed by atoms with Gasteiger partial charge in [0.05, 0.1) is 17.7 Å². The first kappa shape index (κ1) is 16.6. The third-order valence-electron chi connectivity index (χ3n) is 3.17. The van der Waals surface area contributed by atoms with Crippen molar-refractivity contribution in [2.75, 3.05) is 19.6 Å². The SMILES string of the molecule is O=C1CN(Cc2cc(C(F)(F)F)cc(C(F)(F)F)c2)CCN1. The fourth-order valence-corrected chi connectivity index (χ4v) is 2.20. The minimum absolute atomic E-state index is 0.0579. The van der Waals surface area contributed by atoms with E-state index in [1.54, 1.807) is 0 Å². The number of alkyl halides is 6. The Kier molecular flexibility index (Phi) is 4.37. The highest BCUT2D eigenvalue weighted by molar-refractivity contribution is 5.78. The molecular formula is C13H12F6N2O. The summed E-state index contributed by atoms with van der Waals surface area (Å²) >= 11 is 0. The van der Waals surface area contributed by atoms with Crippen LogP contribution in [0, 0.1) is 0 Å². The predicted octanol–water partition coefficient (Wildman–Crippen LogP) is 2.66. The van der Waals surface area contributed by atoms with Gasteiger partial charge in [0.2, 0.25) is 5.91 Å². The zero-order chi connectivity index (χ0) is 16.5. The molecule has 0 spiro atoms. The van der Waals surface area contributed by atoms with Crippen LogP contribution in [0.5, 0.6) is 0 Å². The van der Waals surface area contributed by atoms with Crippen LogP contribution in [0.25, 0.3) is 0 Å². The number of rotatable bonds is 2. The Bertz CT molecular complexity index is 534. The van der Waals surface area contributed by atoms with Crippen LogP contribution in [0.4, 0.5) is 26.3 Å². The molecule has 1 fully saturated rings. The molecule has 1 aliphatic heterocycles. The summed E-state index contributed by atoms with van der Waals surface area (Å²) in [6.45, 7) is 0.464. The fraction of sp³-hybridized carbons (Fsp3) is 0.462. The Hall–Kier alpha value is -1.77. The van der Waals surface area contributed by atoms with Gasteiger partial charge in [0, 0.05) is 19.6 Å². The summed E-state index contributed by atoms with van der Waals surface area (Å²) in [4.78, 5) is 12.7. The lowest BCUT2D eigenvalue weighted by atomic mass is 10.0. The number of hydrogen-bond acceptors (Lipinski definition) is 2. The summed E-state index contributed by atoms with van der Waals surface area (Å²) in [5.41, 5.74) is -2.82. The van der Waals surface area contributed by atoms with Crippen molar-refractivity contribution in [3.63, 3.8) is 0 Å². The van der Waals surface area contributed by atoms with Crippen molar-refractivity contribution in [1.29, 1.82) is 0 Å². The van der Waals surface area contributed by atoms with E-state index in [2.05, 4.69) is 5.32 Å². The van der Waals surface area contributed by atoms with E-state index in [9.17, 15) is 31.1 Å². The number of amides is 1. The molecule has 0 unspecified atom stereocenters. The van der Waals surface area contributed by atoms with Crippen molar-refractivity contribution in [1.82, 2.24) is 10.2 Å². The molecule has 1 heterocycles. The molecule has 2 rings (SSSR count). The lowest BCUT2D eigenvalue weighted by Crippen LogP contribution is -2.47. The Morgan fingerprint density at radius 2 is 1.55 bits per heavy atom. The van der Waals surface area contributed by atoms with Crippen molar-refractivity contribution in [2.24, 2.45) is 0 Å². The van der Waals surface area contributed by atoms with Gasteiger partial charge in [-0.1, -0.05) is 0 Å². The minimum atomic E-state index is -4.87. The van der Waals surface area contributed by atoms with E-state index in [1.165, 1.54) is 4.90 Å². The minimum Gasteiger partial charge on any atom is -0.354 e. The van der Waals surface area contributed by atoms with Crippen LogP contribution < -0.4 is 5.32 Å². The molecule has 0 radical (unpaired) electrons. The van der Waals surface area contributed by atoms with Crippen molar-refractivity contribution in [2.45, 2.75) is 18.9 Å². The maximum atomic E-state index is 12.7. The molecule has 1 N–H and O–H groups in total. The van der Waals surface area contributed by atoms with Gasteiger partial charge in [-0.2, -0.15) is 26.3 Å². The third kappa shape index (κ3) is 4.12. The van der Waals surface area contributed by atoms with Crippen molar-refractivity contribution in [3.8, 4) is 0 Å². The third-order valence-corrected chi connectivity index (χ3v) is 3.17. The predicted molar refractivity (Wildman–Crippen MR) is 64.7 cm³/mol. The standard InChI is InChI=1S/C13H12F6N2O/c14-12(15,16)9-3-8(4-10(5-9)13(17,18)19)6-21-2-1-20-11(22)7-21/h3-5H,1-2,6-7H2,(H,20,22). The zero-order valence-corrected chi connectivity index (χ0v) is 11.2. The molecule has 0 atom stereocenters. The van der Waals surface area contributed by atoms with Crippen LogP contribution >= 0.6 is 0 Å². The van der Waals surface area contributed by atoms with Gasteiger partial charge in [-0.05, 0) is 23.8 Å². The van der Waals surface area contributed by atoms with E-state index in [1.807, 2.05) is 0 Å². The molecule has 1 amide bonds. The molecule has 0 aromatic heterocycles. The summed E-state index contributed by atoms with van der Waals surface area (Å²) in [6.07, 6.45) is -9.73. The largest absolute Gasteiger partial charge is 0.416 e. The second-order valence-corrected chi connectivity index (χ2v) is 4.97. The van der Waals surface area contributed by atoms with Crippen molar-refractivity contribution < 1.29 is 31.1 Å². The summed E-state index contributed by atoms with van der Waals surface area (Å²) in [5, 5.41) is 2.53. The van der Waals surface area contributed by atoms with Gasteiger partial charge < -0.3 is 5.32 Å². The quantitative estimate of drug-likeness (QED) is 0.848. The molecule has 122 valence electrons. The average Bonchev–Trinajstić information content (AvgIpc) is 2.36. The smallest absolute Gasteiger partial charge is 0.354 e. The van der Waals surface area contributed by atoms with Crippen LogP contribution in [-0.2, 0) is 23.7 Å². The molecule has 0 aliphatic carbocycles. The summed E-state index contributed by atoms with van der Waals surface area (Å²) < 4.78 is 76.4. The maximum Gasteiger partial charge on any atom is 0.416 e. The second-order valence-electron chi connectivity index (χ2n) is 4.97. The summed E-state index contributed by atoms with van der Waals surface area (Å²) in [7, 11) is 0. The van der Waals surface area contributed by atoms with E-state index in [0.717, 1.165) is 0 Å². The zero-order valence-electron chi connectivity index (χ0n) is 11.2. The van der Waals surface area contributed by atoms with Gasteiger partial charge >= 0.3 is 12.4 Å². The molecule has 1 aromatic carbocycles. The number of hydrogen-bond donors (Lipinski definition) is 1. The average molecular weight is 326 g/mol. The first-order valence-electron chi connectivity index (χ1n) is 6.33. The topological polar surface area (TPSA) is 32.3 Å². The number of piperazine rings is 1. The Balaban J connectivity index is 2.31. The lowest BCUT2D eigenvalue weighted by Gasteiger charge is -2.27. The maximum absolute atomic E-state index is 12.7. The molecule has 0 saturated carbocycles. The normalized spacial score (nSPS) is 17.5. The molecule has 1 saturated heterocycles. The Labute approximate surface area is 121 Å². The highest BCUT2D eigenvalue weighted by Gasteiger charge is 2.37. The Morgan fingerprint density at radius 3 is 2.00 bits per heavy atom. The Morgan fingerprint density at radius 1 is 1.00 bits per heavy atom. The van der Waals surface area contributed by atoms with Crippen molar-refractivity contribution in [3.05, 3.63) is 34.9 Å². The lowest BCUT2D eigenvalue weighted by molar-refractivity contribution is -0.143. The number of nitrogens with one attached hydrogen (secondary N) is 1. The van der Waals surface area contributed by atoms with E-state index in [-0.39, 0.29) is 30.6 Å². The number of carbonyl (C=O) groups is 1. The van der Waals surface area contributed by atoms with Gasteiger partial charge in [-0.15, -0.1) is 0 Å². The molecule has 3 nitrogen and oxygen atoms in total. The van der Waals surface area contributed by atoms with Crippen LogP contribution in [-0.4, -0.2) is 30.4 Å². The first-order valence-corrected chi connectivity index (χ1v) is 6.33. The summed E-state index contributed by atoms with van der Waals surface area (Å²) in [5.74, 6) is -0.311. The van der Waals surface area contributed by atoms with Gasteiger partial charge in [-0.25, -0.2) is 0 Å². The highest BCUT2D eigenvalue weighted by Crippen LogP contribution is 2.36. The summed E-state index contributed by atoms with van der Waals surface area (Å²) in [6, 6.07) is 1.45. The van der Waals surface area contributed by atoms with Gasteiger partial charge in [-0.3, -0.25) is 9.69 Å². The van der Waals surface area contributed by atoms with Crippen LogP contribution in [0.1, 0.15) is 16.7 Å². The van der Waals surface area contributed by atoms with Crippen molar-refractivity contribution >= 4 is 5.91 Å². The molecule has 22 heavy (non-hydrogen) atoms. The fourth-order valence-electron chi connectivity index (χ4n) is 2.20. The molecular weight excluding hydrogens is 314 g/mol. The first-order chi connectivity index (χ1) is 10.1. The van der Waals surface area contributed by atoms with Gasteiger partial charge in [0.1, 0.15) is 0 Å². The molecule has 1 aromatic rings. The number of carbonyl (C=O) groups excluding carboxylic acids is 1. The van der Waals surface area contributed by atoms with Crippen LogP contribution in [0.2, 0.25) is 0 Å². The van der Waals surface area contributed by atoms with Crippen LogP contribution in [0.3, 0.4) is 0 Å². The number of nitrogens with zero attached hydrogens (tertiary/aromatic N) is 1. The van der Waals surface area contributed by atoms with Gasteiger partial charge in [0.25, 0.3) is 0 Å². The molecule has 1 aliphatic rings. The van der Waals surface area contributed by atoms with E-state index >= 15 is 0 Å². The van der Waals surface area contributed by atoms with Crippen LogP contribution in [0.15, 0.2) is 18.2 Å². The van der Waals surface area contributed by atoms with E-state index < -0.39 is 23.5 Å².